The van der Waals surface area contributed by atoms with Gasteiger partial charge in [0.05, 0.1) is 17.1 Å². The molecule has 0 aliphatic carbocycles. The first-order valence-electron chi connectivity index (χ1n) is 8.95. The van der Waals surface area contributed by atoms with Crippen molar-refractivity contribution in [3.05, 3.63) is 101 Å². The standard InChI is InChI=1S/C23H19NO3S/c1-17-11-13-20(14-12-17)28(26,27)24-16-19(15-18-7-3-2-4-8-18)23(25)21-9-5-6-10-22(21)24/h2-15H,16H2,1H3. The summed E-state index contributed by atoms with van der Waals surface area (Å²) < 4.78 is 28.0. The van der Waals surface area contributed by atoms with E-state index in [0.717, 1.165) is 11.1 Å². The molecule has 0 N–H and O–H groups in total. The Labute approximate surface area is 164 Å². The largest absolute Gasteiger partial charge is 0.289 e. The number of aryl methyl sites for hydroxylation is 1. The van der Waals surface area contributed by atoms with Crippen LogP contribution in [0.15, 0.2) is 89.3 Å². The fourth-order valence-electron chi connectivity index (χ4n) is 3.28. The number of benzene rings is 3. The highest BCUT2D eigenvalue weighted by molar-refractivity contribution is 7.92. The summed E-state index contributed by atoms with van der Waals surface area (Å²) in [5.74, 6) is -0.144. The third-order valence-corrected chi connectivity index (χ3v) is 6.55. The van der Waals surface area contributed by atoms with E-state index in [1.54, 1.807) is 54.6 Å². The number of para-hydroxylation sites is 1. The van der Waals surface area contributed by atoms with Crippen LogP contribution in [0.3, 0.4) is 0 Å². The highest BCUT2D eigenvalue weighted by Gasteiger charge is 2.34. The minimum atomic E-state index is -3.80. The number of Topliss-reactive ketones (excluding diaryl/α,β-unsaturated/α-hetero) is 1. The second kappa shape index (κ2) is 7.09. The summed E-state index contributed by atoms with van der Waals surface area (Å²) in [7, 11) is -3.80. The third kappa shape index (κ3) is 3.25. The molecule has 0 saturated carbocycles. The lowest BCUT2D eigenvalue weighted by molar-refractivity contribution is 0.103. The molecule has 1 aliphatic rings. The topological polar surface area (TPSA) is 54.5 Å². The number of ketones is 1. The van der Waals surface area contributed by atoms with Crippen molar-refractivity contribution in [2.45, 2.75) is 11.8 Å². The van der Waals surface area contributed by atoms with E-state index in [1.807, 2.05) is 37.3 Å². The molecule has 0 bridgehead atoms. The number of fused-ring (bicyclic) bond motifs is 1. The highest BCUT2D eigenvalue weighted by atomic mass is 32.2. The van der Waals surface area contributed by atoms with E-state index in [0.29, 0.717) is 16.8 Å². The fraction of sp³-hybridized carbons (Fsp3) is 0.0870. The lowest BCUT2D eigenvalue weighted by Gasteiger charge is -2.31. The molecule has 3 aromatic rings. The van der Waals surface area contributed by atoms with E-state index in [-0.39, 0.29) is 17.2 Å². The van der Waals surface area contributed by atoms with Crippen LogP contribution in [0, 0.1) is 6.92 Å². The molecule has 5 heteroatoms. The molecule has 0 spiro atoms. The van der Waals surface area contributed by atoms with Crippen LogP contribution in [0.25, 0.3) is 6.08 Å². The molecule has 0 atom stereocenters. The summed E-state index contributed by atoms with van der Waals surface area (Å²) >= 11 is 0. The molecule has 4 nitrogen and oxygen atoms in total. The van der Waals surface area contributed by atoms with E-state index in [9.17, 15) is 13.2 Å². The minimum Gasteiger partial charge on any atom is -0.289 e. The molecule has 0 amide bonds. The van der Waals surface area contributed by atoms with Crippen molar-refractivity contribution in [1.82, 2.24) is 0 Å². The maximum absolute atomic E-state index is 13.4. The van der Waals surface area contributed by atoms with Crippen molar-refractivity contribution >= 4 is 27.6 Å². The average molecular weight is 389 g/mol. The second-order valence-corrected chi connectivity index (χ2v) is 8.61. The number of hydrogen-bond acceptors (Lipinski definition) is 3. The zero-order valence-corrected chi connectivity index (χ0v) is 16.2. The normalized spacial score (nSPS) is 15.5. The van der Waals surface area contributed by atoms with Gasteiger partial charge in [0.25, 0.3) is 10.0 Å². The number of anilines is 1. The lowest BCUT2D eigenvalue weighted by atomic mass is 9.96. The number of nitrogens with zero attached hydrogens (tertiary/aromatic N) is 1. The smallest absolute Gasteiger partial charge is 0.264 e. The zero-order chi connectivity index (χ0) is 19.7. The predicted molar refractivity (Wildman–Crippen MR) is 111 cm³/mol. The minimum absolute atomic E-state index is 0.000943. The molecule has 140 valence electrons. The van der Waals surface area contributed by atoms with Crippen LogP contribution >= 0.6 is 0 Å². The Morgan fingerprint density at radius 2 is 1.50 bits per heavy atom. The van der Waals surface area contributed by atoms with Crippen LogP contribution in [0.5, 0.6) is 0 Å². The van der Waals surface area contributed by atoms with Crippen LogP contribution in [-0.4, -0.2) is 20.7 Å². The van der Waals surface area contributed by atoms with E-state index in [2.05, 4.69) is 0 Å². The summed E-state index contributed by atoms with van der Waals surface area (Å²) in [6.07, 6.45) is 1.76. The van der Waals surface area contributed by atoms with Gasteiger partial charge in [-0.2, -0.15) is 0 Å². The Bertz CT molecular complexity index is 1160. The van der Waals surface area contributed by atoms with Crippen molar-refractivity contribution in [3.63, 3.8) is 0 Å². The Morgan fingerprint density at radius 1 is 0.857 bits per heavy atom. The summed E-state index contributed by atoms with van der Waals surface area (Å²) in [6.45, 7) is 1.91. The van der Waals surface area contributed by atoms with Crippen molar-refractivity contribution < 1.29 is 13.2 Å². The molecule has 0 aromatic heterocycles. The Balaban J connectivity index is 1.85. The third-order valence-electron chi connectivity index (χ3n) is 4.77. The van der Waals surface area contributed by atoms with Gasteiger partial charge in [-0.05, 0) is 42.8 Å². The van der Waals surface area contributed by atoms with Crippen molar-refractivity contribution in [2.24, 2.45) is 0 Å². The maximum atomic E-state index is 13.4. The molecule has 0 unspecified atom stereocenters. The van der Waals surface area contributed by atoms with Gasteiger partial charge in [0.15, 0.2) is 5.78 Å². The monoisotopic (exact) mass is 389 g/mol. The quantitative estimate of drug-likeness (QED) is 0.621. The second-order valence-electron chi connectivity index (χ2n) is 6.75. The SMILES string of the molecule is Cc1ccc(S(=O)(=O)N2CC(=Cc3ccccc3)C(=O)c3ccccc32)cc1. The zero-order valence-electron chi connectivity index (χ0n) is 15.4. The van der Waals surface area contributed by atoms with Gasteiger partial charge in [-0.15, -0.1) is 0 Å². The van der Waals surface area contributed by atoms with Gasteiger partial charge >= 0.3 is 0 Å². The van der Waals surface area contributed by atoms with Crippen molar-refractivity contribution in [1.29, 1.82) is 0 Å². The first-order valence-corrected chi connectivity index (χ1v) is 10.4. The van der Waals surface area contributed by atoms with Crippen LogP contribution in [0.1, 0.15) is 21.5 Å². The molecule has 1 heterocycles. The van der Waals surface area contributed by atoms with Gasteiger partial charge in [0.2, 0.25) is 0 Å². The van der Waals surface area contributed by atoms with E-state index in [4.69, 9.17) is 0 Å². The van der Waals surface area contributed by atoms with Crippen molar-refractivity contribution in [3.8, 4) is 0 Å². The van der Waals surface area contributed by atoms with Crippen molar-refractivity contribution in [2.75, 3.05) is 10.8 Å². The van der Waals surface area contributed by atoms with Crippen LogP contribution in [-0.2, 0) is 10.0 Å². The summed E-state index contributed by atoms with van der Waals surface area (Å²) in [4.78, 5) is 13.2. The fourth-order valence-corrected chi connectivity index (χ4v) is 4.74. The highest BCUT2D eigenvalue weighted by Crippen LogP contribution is 2.34. The molecular formula is C23H19NO3S. The van der Waals surface area contributed by atoms with Gasteiger partial charge in [-0.1, -0.05) is 60.2 Å². The molecular weight excluding hydrogens is 370 g/mol. The number of rotatable bonds is 3. The summed E-state index contributed by atoms with van der Waals surface area (Å²) in [5, 5.41) is 0. The van der Waals surface area contributed by atoms with Gasteiger partial charge in [0, 0.05) is 11.1 Å². The summed E-state index contributed by atoms with van der Waals surface area (Å²) in [6, 6.07) is 23.0. The number of hydrogen-bond donors (Lipinski definition) is 0. The van der Waals surface area contributed by atoms with Crippen LogP contribution in [0.4, 0.5) is 5.69 Å². The lowest BCUT2D eigenvalue weighted by Crippen LogP contribution is -2.38. The van der Waals surface area contributed by atoms with E-state index < -0.39 is 10.0 Å². The first kappa shape index (κ1) is 18.2. The van der Waals surface area contributed by atoms with Gasteiger partial charge in [-0.3, -0.25) is 9.10 Å². The Kier molecular flexibility index (Phi) is 4.61. The van der Waals surface area contributed by atoms with Crippen LogP contribution in [0.2, 0.25) is 0 Å². The Hall–Kier alpha value is -3.18. The van der Waals surface area contributed by atoms with Gasteiger partial charge in [0.1, 0.15) is 0 Å². The number of sulfonamides is 1. The molecule has 1 aliphatic heterocycles. The first-order chi connectivity index (χ1) is 13.5. The maximum Gasteiger partial charge on any atom is 0.264 e. The van der Waals surface area contributed by atoms with E-state index in [1.165, 1.54) is 4.31 Å². The van der Waals surface area contributed by atoms with Crippen LogP contribution < -0.4 is 4.31 Å². The van der Waals surface area contributed by atoms with Gasteiger partial charge < -0.3 is 0 Å². The molecule has 4 rings (SSSR count). The number of carbonyl (C=O) groups is 1. The molecule has 0 saturated heterocycles. The molecule has 28 heavy (non-hydrogen) atoms. The van der Waals surface area contributed by atoms with E-state index >= 15 is 0 Å². The molecule has 0 radical (unpaired) electrons. The molecule has 3 aromatic carbocycles. The summed E-state index contributed by atoms with van der Waals surface area (Å²) in [5.41, 5.74) is 3.10. The van der Waals surface area contributed by atoms with Gasteiger partial charge in [-0.25, -0.2) is 8.42 Å². The average Bonchev–Trinajstić information content (AvgIpc) is 2.71. The molecule has 0 fully saturated rings. The predicted octanol–water partition coefficient (Wildman–Crippen LogP) is 4.47. The number of carbonyl (C=O) groups excluding carboxylic acids is 1. The Morgan fingerprint density at radius 3 is 2.21 bits per heavy atom.